The lowest BCUT2D eigenvalue weighted by Crippen LogP contribution is -2.28. The van der Waals surface area contributed by atoms with Crippen LogP contribution in [0.5, 0.6) is 5.75 Å². The summed E-state index contributed by atoms with van der Waals surface area (Å²) in [6.45, 7) is 4.20. The third kappa shape index (κ3) is 2.95. The van der Waals surface area contributed by atoms with E-state index >= 15 is 0 Å². The van der Waals surface area contributed by atoms with Crippen molar-refractivity contribution in [2.24, 2.45) is 0 Å². The van der Waals surface area contributed by atoms with Crippen molar-refractivity contribution in [3.8, 4) is 17.1 Å². The summed E-state index contributed by atoms with van der Waals surface area (Å²) in [6, 6.07) is 7.52. The molecule has 3 aromatic rings. The van der Waals surface area contributed by atoms with Gasteiger partial charge in [0.1, 0.15) is 17.1 Å². The zero-order chi connectivity index (χ0) is 19.2. The molecule has 0 amide bonds. The van der Waals surface area contributed by atoms with E-state index in [0.29, 0.717) is 23.5 Å². The molecule has 0 saturated heterocycles. The topological polar surface area (TPSA) is 107 Å². The van der Waals surface area contributed by atoms with Crippen LogP contribution in [-0.4, -0.2) is 33.1 Å². The predicted octanol–water partition coefficient (Wildman–Crippen LogP) is 2.72. The molecule has 1 aliphatic carbocycles. The number of nitrogens with one attached hydrogen (secondary N) is 1. The van der Waals surface area contributed by atoms with Crippen LogP contribution in [0.1, 0.15) is 41.0 Å². The molecule has 7 nitrogen and oxygen atoms in total. The van der Waals surface area contributed by atoms with E-state index in [0.717, 1.165) is 22.4 Å². The van der Waals surface area contributed by atoms with Crippen LogP contribution in [0.15, 0.2) is 30.5 Å². The molecule has 27 heavy (non-hydrogen) atoms. The molecule has 4 rings (SSSR count). The van der Waals surface area contributed by atoms with Crippen molar-refractivity contribution in [1.29, 1.82) is 0 Å². The lowest BCUT2D eigenvalue weighted by atomic mass is 9.72. The van der Waals surface area contributed by atoms with E-state index < -0.39 is 0 Å². The van der Waals surface area contributed by atoms with Gasteiger partial charge >= 0.3 is 0 Å². The number of nitrogens with zero attached hydrogens (tertiary/aromatic N) is 3. The fourth-order valence-electron chi connectivity index (χ4n) is 3.75. The number of nitrogens with two attached hydrogens (primary N) is 1. The van der Waals surface area contributed by atoms with Gasteiger partial charge in [-0.1, -0.05) is 26.0 Å². The van der Waals surface area contributed by atoms with Crippen LogP contribution in [0.25, 0.3) is 11.4 Å². The molecule has 138 valence electrons. The summed E-state index contributed by atoms with van der Waals surface area (Å²) in [7, 11) is 1.61. The first-order chi connectivity index (χ1) is 12.9. The van der Waals surface area contributed by atoms with Crippen molar-refractivity contribution >= 4 is 11.7 Å². The van der Waals surface area contributed by atoms with Crippen molar-refractivity contribution in [3.05, 3.63) is 52.8 Å². The Balaban J connectivity index is 1.75. The number of hydrogen-bond donors (Lipinski definition) is 2. The fraction of sp³-hybridized carbons (Fsp3) is 0.300. The van der Waals surface area contributed by atoms with E-state index in [1.807, 2.05) is 24.3 Å². The highest BCUT2D eigenvalue weighted by Gasteiger charge is 2.38. The Morgan fingerprint density at radius 1 is 1.33 bits per heavy atom. The van der Waals surface area contributed by atoms with Crippen molar-refractivity contribution in [3.63, 3.8) is 0 Å². The highest BCUT2D eigenvalue weighted by Crippen LogP contribution is 2.42. The number of aromatic amines is 1. The molecule has 7 heteroatoms. The maximum Gasteiger partial charge on any atom is 0.220 e. The Bertz CT molecular complexity index is 1040. The molecule has 2 aromatic heterocycles. The molecule has 2 heterocycles. The van der Waals surface area contributed by atoms with Gasteiger partial charge in [-0.3, -0.25) is 9.89 Å². The molecule has 0 bridgehead atoms. The van der Waals surface area contributed by atoms with Crippen LogP contribution < -0.4 is 10.5 Å². The van der Waals surface area contributed by atoms with Crippen LogP contribution in [0.3, 0.4) is 0 Å². The van der Waals surface area contributed by atoms with Crippen molar-refractivity contribution < 1.29 is 9.53 Å². The third-order valence-corrected chi connectivity index (χ3v) is 4.96. The highest BCUT2D eigenvalue weighted by atomic mass is 16.5. The Hall–Kier alpha value is -3.22. The molecule has 0 fully saturated rings. The summed E-state index contributed by atoms with van der Waals surface area (Å²) in [4.78, 5) is 21.5. The van der Waals surface area contributed by atoms with Gasteiger partial charge in [0.25, 0.3) is 0 Å². The minimum Gasteiger partial charge on any atom is -0.497 e. The van der Waals surface area contributed by atoms with E-state index in [2.05, 4.69) is 34.0 Å². The lowest BCUT2D eigenvalue weighted by molar-refractivity contribution is 0.0986. The van der Waals surface area contributed by atoms with E-state index in [9.17, 15) is 4.79 Å². The molecular formula is C20H21N5O2. The number of H-pyrrole nitrogens is 1. The minimum atomic E-state index is -0.270. The van der Waals surface area contributed by atoms with Gasteiger partial charge in [0.05, 0.1) is 12.8 Å². The average molecular weight is 363 g/mol. The standard InChI is InChI=1S/C20H21N5O2/c1-20(2)9-12-10-22-19(21)23-16(12)18-15(20)17(24-25-18)14(26)8-11-5-4-6-13(7-11)27-3/h4-7,10H,8-9H2,1-3H3,(H,24,25)(H2,21,22,23). The molecular weight excluding hydrogens is 342 g/mol. The first-order valence-corrected chi connectivity index (χ1v) is 8.76. The van der Waals surface area contributed by atoms with E-state index in [1.54, 1.807) is 13.3 Å². The van der Waals surface area contributed by atoms with E-state index in [1.165, 1.54) is 0 Å². The van der Waals surface area contributed by atoms with Gasteiger partial charge in [-0.2, -0.15) is 5.10 Å². The summed E-state index contributed by atoms with van der Waals surface area (Å²) in [5.41, 5.74) is 10.2. The number of ether oxygens (including phenoxy) is 1. The van der Waals surface area contributed by atoms with Crippen LogP contribution in [-0.2, 0) is 18.3 Å². The number of methoxy groups -OCH3 is 1. The first-order valence-electron chi connectivity index (χ1n) is 8.76. The summed E-state index contributed by atoms with van der Waals surface area (Å²) < 4.78 is 5.24. The molecule has 0 atom stereocenters. The smallest absolute Gasteiger partial charge is 0.220 e. The van der Waals surface area contributed by atoms with Gasteiger partial charge in [0.2, 0.25) is 5.95 Å². The predicted molar refractivity (Wildman–Crippen MR) is 102 cm³/mol. The fourth-order valence-corrected chi connectivity index (χ4v) is 3.75. The van der Waals surface area contributed by atoms with Gasteiger partial charge < -0.3 is 10.5 Å². The number of nitrogen functional groups attached to an aromatic ring is 1. The van der Waals surface area contributed by atoms with Crippen LogP contribution >= 0.6 is 0 Å². The number of anilines is 1. The number of rotatable bonds is 4. The largest absolute Gasteiger partial charge is 0.497 e. The Kier molecular flexibility index (Phi) is 3.95. The summed E-state index contributed by atoms with van der Waals surface area (Å²) >= 11 is 0. The van der Waals surface area contributed by atoms with Crippen LogP contribution in [0, 0.1) is 0 Å². The van der Waals surface area contributed by atoms with Crippen molar-refractivity contribution in [2.45, 2.75) is 32.1 Å². The molecule has 3 N–H and O–H groups in total. The van der Waals surface area contributed by atoms with E-state index in [-0.39, 0.29) is 23.6 Å². The van der Waals surface area contributed by atoms with Crippen LogP contribution in [0.2, 0.25) is 0 Å². The summed E-state index contributed by atoms with van der Waals surface area (Å²) in [6.07, 6.45) is 2.73. The highest BCUT2D eigenvalue weighted by molar-refractivity contribution is 5.99. The third-order valence-electron chi connectivity index (χ3n) is 4.96. The summed E-state index contributed by atoms with van der Waals surface area (Å²) in [5.74, 6) is 0.913. The molecule has 1 aliphatic rings. The summed E-state index contributed by atoms with van der Waals surface area (Å²) in [5, 5.41) is 7.36. The monoisotopic (exact) mass is 363 g/mol. The zero-order valence-electron chi connectivity index (χ0n) is 15.5. The number of carbonyl (C=O) groups is 1. The normalized spacial score (nSPS) is 14.3. The SMILES string of the molecule is COc1cccc(CC(=O)c2[nH]nc3c2C(C)(C)Cc2cnc(N)nc2-3)c1. The van der Waals surface area contributed by atoms with Crippen LogP contribution in [0.4, 0.5) is 5.95 Å². The van der Waals surface area contributed by atoms with Gasteiger partial charge in [0, 0.05) is 18.2 Å². The maximum atomic E-state index is 13.0. The second kappa shape index (κ2) is 6.19. The van der Waals surface area contributed by atoms with Crippen molar-refractivity contribution in [1.82, 2.24) is 20.2 Å². The molecule has 0 saturated carbocycles. The molecule has 0 unspecified atom stereocenters. The Labute approximate surface area is 157 Å². The quantitative estimate of drug-likeness (QED) is 0.690. The molecule has 1 aromatic carbocycles. The van der Waals surface area contributed by atoms with Gasteiger partial charge in [-0.05, 0) is 35.1 Å². The zero-order valence-corrected chi connectivity index (χ0v) is 15.5. The minimum absolute atomic E-state index is 0.0180. The molecule has 0 spiro atoms. The van der Waals surface area contributed by atoms with E-state index in [4.69, 9.17) is 10.5 Å². The average Bonchev–Trinajstić information content (AvgIpc) is 3.09. The Morgan fingerprint density at radius 3 is 2.93 bits per heavy atom. The number of hydrogen-bond acceptors (Lipinski definition) is 6. The number of benzene rings is 1. The number of ketones is 1. The van der Waals surface area contributed by atoms with Gasteiger partial charge in [0.15, 0.2) is 5.78 Å². The number of carbonyl (C=O) groups excluding carboxylic acids is 1. The first kappa shape index (κ1) is 17.2. The number of Topliss-reactive ketones (excluding diaryl/α,β-unsaturated/α-hetero) is 1. The van der Waals surface area contributed by atoms with Crippen molar-refractivity contribution in [2.75, 3.05) is 12.8 Å². The number of aromatic nitrogens is 4. The maximum absolute atomic E-state index is 13.0. The van der Waals surface area contributed by atoms with Gasteiger partial charge in [-0.25, -0.2) is 9.97 Å². The molecule has 0 radical (unpaired) electrons. The Morgan fingerprint density at radius 2 is 2.15 bits per heavy atom. The second-order valence-corrected chi connectivity index (χ2v) is 7.44. The second-order valence-electron chi connectivity index (χ2n) is 7.44. The van der Waals surface area contributed by atoms with Gasteiger partial charge in [-0.15, -0.1) is 0 Å². The number of fused-ring (bicyclic) bond motifs is 3. The molecule has 0 aliphatic heterocycles. The lowest BCUT2D eigenvalue weighted by Gasteiger charge is -2.30.